The number of alkyl halides is 3. The molecule has 1 aromatic rings. The van der Waals surface area contributed by atoms with Crippen LogP contribution < -0.4 is 0 Å². The second-order valence-electron chi connectivity index (χ2n) is 4.45. The summed E-state index contributed by atoms with van der Waals surface area (Å²) in [6.45, 7) is 1.49. The summed E-state index contributed by atoms with van der Waals surface area (Å²) in [5.74, 6) is -1.77. The van der Waals surface area contributed by atoms with Crippen LogP contribution in [-0.4, -0.2) is 35.8 Å². The molecule has 1 saturated heterocycles. The number of halogens is 3. The van der Waals surface area contributed by atoms with E-state index < -0.39 is 18.0 Å². The zero-order valence-corrected chi connectivity index (χ0v) is 10.5. The van der Waals surface area contributed by atoms with Crippen LogP contribution in [0.1, 0.15) is 29.0 Å². The number of esters is 1. The van der Waals surface area contributed by atoms with Gasteiger partial charge in [0.25, 0.3) is 0 Å². The van der Waals surface area contributed by atoms with Crippen LogP contribution in [0.2, 0.25) is 0 Å². The highest BCUT2D eigenvalue weighted by molar-refractivity contribution is 5.88. The molecule has 2 heterocycles. The third kappa shape index (κ3) is 3.89. The number of carbonyl (C=O) groups excluding carboxylic acids is 1. The maximum Gasteiger partial charge on any atom is 0.451 e. The van der Waals surface area contributed by atoms with E-state index in [1.54, 1.807) is 0 Å². The van der Waals surface area contributed by atoms with E-state index in [0.29, 0.717) is 13.2 Å². The standard InChI is InChI=1S/C12H13F3N2O3/c13-12(14,15)11-16-5-9(6-17-11)10(18)20-7-8-1-3-19-4-2-8/h5-6,8H,1-4,7H2. The molecular weight excluding hydrogens is 277 g/mol. The Morgan fingerprint density at radius 1 is 1.30 bits per heavy atom. The van der Waals surface area contributed by atoms with Crippen LogP contribution >= 0.6 is 0 Å². The van der Waals surface area contributed by atoms with Gasteiger partial charge in [-0.3, -0.25) is 0 Å². The van der Waals surface area contributed by atoms with E-state index in [4.69, 9.17) is 9.47 Å². The second kappa shape index (κ2) is 6.17. The van der Waals surface area contributed by atoms with Crippen molar-refractivity contribution in [1.82, 2.24) is 9.97 Å². The molecule has 1 aromatic heterocycles. The van der Waals surface area contributed by atoms with Gasteiger partial charge >= 0.3 is 12.1 Å². The molecule has 1 aliphatic heterocycles. The Hall–Kier alpha value is -1.70. The zero-order chi connectivity index (χ0) is 14.6. The van der Waals surface area contributed by atoms with E-state index in [9.17, 15) is 18.0 Å². The van der Waals surface area contributed by atoms with Crippen LogP contribution in [0.15, 0.2) is 12.4 Å². The van der Waals surface area contributed by atoms with Crippen LogP contribution in [0.5, 0.6) is 0 Å². The van der Waals surface area contributed by atoms with Crippen LogP contribution in [-0.2, 0) is 15.7 Å². The van der Waals surface area contributed by atoms with Gasteiger partial charge in [0.1, 0.15) is 0 Å². The molecule has 0 N–H and O–H groups in total. The van der Waals surface area contributed by atoms with Crippen molar-refractivity contribution in [2.45, 2.75) is 19.0 Å². The van der Waals surface area contributed by atoms with Crippen LogP contribution in [0.25, 0.3) is 0 Å². The summed E-state index contributed by atoms with van der Waals surface area (Å²) >= 11 is 0. The summed E-state index contributed by atoms with van der Waals surface area (Å²) in [5.41, 5.74) is -0.0925. The minimum absolute atomic E-state index is 0.0925. The van der Waals surface area contributed by atoms with Gasteiger partial charge in [-0.1, -0.05) is 0 Å². The highest BCUT2D eigenvalue weighted by Crippen LogP contribution is 2.25. The first-order valence-corrected chi connectivity index (χ1v) is 6.11. The maximum absolute atomic E-state index is 12.3. The van der Waals surface area contributed by atoms with Crippen molar-refractivity contribution in [2.24, 2.45) is 5.92 Å². The molecule has 0 radical (unpaired) electrons. The predicted molar refractivity (Wildman–Crippen MR) is 60.9 cm³/mol. The van der Waals surface area contributed by atoms with Gasteiger partial charge < -0.3 is 9.47 Å². The first-order chi connectivity index (χ1) is 9.47. The summed E-state index contributed by atoms with van der Waals surface area (Å²) < 4.78 is 47.0. The van der Waals surface area contributed by atoms with Crippen molar-refractivity contribution in [3.63, 3.8) is 0 Å². The Labute approximate surface area is 113 Å². The fraction of sp³-hybridized carbons (Fsp3) is 0.583. The van der Waals surface area contributed by atoms with E-state index in [1.807, 2.05) is 0 Å². The summed E-state index contributed by atoms with van der Waals surface area (Å²) in [6.07, 6.45) is -1.37. The normalized spacial score (nSPS) is 16.9. The number of rotatable bonds is 3. The van der Waals surface area contributed by atoms with Gasteiger partial charge in [-0.15, -0.1) is 0 Å². The Kier molecular flexibility index (Phi) is 4.53. The Morgan fingerprint density at radius 2 is 1.90 bits per heavy atom. The van der Waals surface area contributed by atoms with Gasteiger partial charge in [-0.25, -0.2) is 14.8 Å². The molecule has 0 unspecified atom stereocenters. The molecular formula is C12H13F3N2O3. The van der Waals surface area contributed by atoms with Gasteiger partial charge in [-0.2, -0.15) is 13.2 Å². The molecule has 20 heavy (non-hydrogen) atoms. The van der Waals surface area contributed by atoms with E-state index >= 15 is 0 Å². The van der Waals surface area contributed by atoms with Gasteiger partial charge in [0.2, 0.25) is 5.82 Å². The summed E-state index contributed by atoms with van der Waals surface area (Å²) in [5, 5.41) is 0. The SMILES string of the molecule is O=C(OCC1CCOCC1)c1cnc(C(F)(F)F)nc1. The van der Waals surface area contributed by atoms with Gasteiger partial charge in [0.05, 0.1) is 12.2 Å². The molecule has 0 aliphatic carbocycles. The minimum Gasteiger partial charge on any atom is -0.462 e. The summed E-state index contributed by atoms with van der Waals surface area (Å²) in [7, 11) is 0. The Morgan fingerprint density at radius 3 is 2.45 bits per heavy atom. The van der Waals surface area contributed by atoms with Crippen molar-refractivity contribution in [3.8, 4) is 0 Å². The van der Waals surface area contributed by atoms with Crippen molar-refractivity contribution in [1.29, 1.82) is 0 Å². The van der Waals surface area contributed by atoms with Crippen LogP contribution in [0, 0.1) is 5.92 Å². The molecule has 0 bridgehead atoms. The lowest BCUT2D eigenvalue weighted by Gasteiger charge is -2.21. The van der Waals surface area contributed by atoms with Crippen molar-refractivity contribution < 1.29 is 27.4 Å². The fourth-order valence-electron chi connectivity index (χ4n) is 1.77. The lowest BCUT2D eigenvalue weighted by Crippen LogP contribution is -2.22. The molecule has 1 aliphatic rings. The molecule has 0 aromatic carbocycles. The summed E-state index contributed by atoms with van der Waals surface area (Å²) in [6, 6.07) is 0. The largest absolute Gasteiger partial charge is 0.462 e. The lowest BCUT2D eigenvalue weighted by molar-refractivity contribution is -0.145. The highest BCUT2D eigenvalue weighted by atomic mass is 19.4. The first kappa shape index (κ1) is 14.7. The van der Waals surface area contributed by atoms with E-state index in [2.05, 4.69) is 9.97 Å². The topological polar surface area (TPSA) is 61.3 Å². The summed E-state index contributed by atoms with van der Waals surface area (Å²) in [4.78, 5) is 17.9. The van der Waals surface area contributed by atoms with Gasteiger partial charge in [-0.05, 0) is 18.8 Å². The number of nitrogens with zero attached hydrogens (tertiary/aromatic N) is 2. The van der Waals surface area contributed by atoms with Crippen molar-refractivity contribution in [3.05, 3.63) is 23.8 Å². The monoisotopic (exact) mass is 290 g/mol. The van der Waals surface area contributed by atoms with Crippen molar-refractivity contribution in [2.75, 3.05) is 19.8 Å². The average Bonchev–Trinajstić information content (AvgIpc) is 2.45. The molecule has 2 rings (SSSR count). The molecule has 5 nitrogen and oxygen atoms in total. The minimum atomic E-state index is -4.62. The number of ether oxygens (including phenoxy) is 2. The van der Waals surface area contributed by atoms with Crippen LogP contribution in [0.3, 0.4) is 0 Å². The van der Waals surface area contributed by atoms with Gasteiger partial charge in [0, 0.05) is 25.6 Å². The molecule has 8 heteroatoms. The Balaban J connectivity index is 1.89. The number of carbonyl (C=O) groups is 1. The molecule has 0 amide bonds. The molecule has 0 spiro atoms. The fourth-order valence-corrected chi connectivity index (χ4v) is 1.77. The first-order valence-electron chi connectivity index (χ1n) is 6.11. The van der Waals surface area contributed by atoms with Crippen molar-refractivity contribution >= 4 is 5.97 Å². The van der Waals surface area contributed by atoms with E-state index in [1.165, 1.54) is 0 Å². The molecule has 0 saturated carbocycles. The van der Waals surface area contributed by atoms with Gasteiger partial charge in [0.15, 0.2) is 0 Å². The molecule has 110 valence electrons. The predicted octanol–water partition coefficient (Wildman–Crippen LogP) is 2.08. The smallest absolute Gasteiger partial charge is 0.451 e. The number of hydrogen-bond donors (Lipinski definition) is 0. The zero-order valence-electron chi connectivity index (χ0n) is 10.5. The quantitative estimate of drug-likeness (QED) is 0.798. The third-order valence-electron chi connectivity index (χ3n) is 2.93. The average molecular weight is 290 g/mol. The van der Waals surface area contributed by atoms with E-state index in [0.717, 1.165) is 25.2 Å². The lowest BCUT2D eigenvalue weighted by atomic mass is 10.0. The highest BCUT2D eigenvalue weighted by Gasteiger charge is 2.34. The maximum atomic E-state index is 12.3. The number of hydrogen-bond acceptors (Lipinski definition) is 5. The number of aromatic nitrogens is 2. The second-order valence-corrected chi connectivity index (χ2v) is 4.45. The Bertz CT molecular complexity index is 456. The molecule has 0 atom stereocenters. The van der Waals surface area contributed by atoms with E-state index in [-0.39, 0.29) is 18.1 Å². The molecule has 1 fully saturated rings. The van der Waals surface area contributed by atoms with Crippen LogP contribution in [0.4, 0.5) is 13.2 Å². The third-order valence-corrected chi connectivity index (χ3v) is 2.93.